The number of rotatable bonds is 4. The van der Waals surface area contributed by atoms with E-state index in [1.807, 2.05) is 30.3 Å². The monoisotopic (exact) mass is 374 g/mol. The SMILES string of the molecule is CN1CCC2(CC1)CN(C(=O)NC(Cc1ccccc1)C(=O)O)CCN2C. The number of likely N-dealkylation sites (N-methyl/N-ethyl adjacent to an activating group) is 1. The Kier molecular flexibility index (Phi) is 6.01. The molecule has 0 aliphatic carbocycles. The predicted molar refractivity (Wildman–Crippen MR) is 104 cm³/mol. The van der Waals surface area contributed by atoms with Crippen molar-refractivity contribution in [1.29, 1.82) is 0 Å². The van der Waals surface area contributed by atoms with Gasteiger partial charge in [-0.3, -0.25) is 4.90 Å². The molecule has 2 N–H and O–H groups in total. The van der Waals surface area contributed by atoms with E-state index in [2.05, 4.69) is 29.2 Å². The smallest absolute Gasteiger partial charge is 0.326 e. The zero-order valence-electron chi connectivity index (χ0n) is 16.2. The van der Waals surface area contributed by atoms with E-state index in [0.717, 1.165) is 38.0 Å². The lowest BCUT2D eigenvalue weighted by Crippen LogP contribution is -2.66. The summed E-state index contributed by atoms with van der Waals surface area (Å²) in [6.45, 7) is 4.13. The molecule has 1 aromatic carbocycles. The fourth-order valence-electron chi connectivity index (χ4n) is 4.10. The van der Waals surface area contributed by atoms with Crippen molar-refractivity contribution < 1.29 is 14.7 Å². The minimum atomic E-state index is -1.00. The molecule has 1 aromatic rings. The second-order valence-corrected chi connectivity index (χ2v) is 7.90. The first kappa shape index (κ1) is 19.6. The van der Waals surface area contributed by atoms with E-state index in [-0.39, 0.29) is 18.0 Å². The maximum Gasteiger partial charge on any atom is 0.326 e. The van der Waals surface area contributed by atoms with Gasteiger partial charge in [0.05, 0.1) is 0 Å². The summed E-state index contributed by atoms with van der Waals surface area (Å²) in [6, 6.07) is 8.21. The molecule has 2 saturated heterocycles. The molecule has 0 radical (unpaired) electrons. The molecule has 2 heterocycles. The minimum absolute atomic E-state index is 0.000248. The number of nitrogens with zero attached hydrogens (tertiary/aromatic N) is 3. The third-order valence-electron chi connectivity index (χ3n) is 6.08. The lowest BCUT2D eigenvalue weighted by molar-refractivity contribution is -0.139. The standard InChI is InChI=1S/C20H30N4O3/c1-22-10-8-20(9-11-22)15-24(13-12-23(20)2)19(27)21-17(18(25)26)14-16-6-4-3-5-7-16/h3-7,17H,8-15H2,1-2H3,(H,21,27)(H,25,26). The summed E-state index contributed by atoms with van der Waals surface area (Å²) in [5.41, 5.74) is 0.899. The molecule has 2 amide bonds. The fourth-order valence-corrected chi connectivity index (χ4v) is 4.10. The van der Waals surface area contributed by atoms with Crippen LogP contribution in [0.3, 0.4) is 0 Å². The maximum atomic E-state index is 12.8. The summed E-state index contributed by atoms with van der Waals surface area (Å²) in [6.07, 6.45) is 2.33. The van der Waals surface area contributed by atoms with Crippen molar-refractivity contribution in [3.63, 3.8) is 0 Å². The Morgan fingerprint density at radius 3 is 2.41 bits per heavy atom. The highest BCUT2D eigenvalue weighted by molar-refractivity contribution is 5.83. The number of piperazine rings is 1. The first-order chi connectivity index (χ1) is 12.9. The number of aliphatic carboxylic acids is 1. The van der Waals surface area contributed by atoms with E-state index < -0.39 is 12.0 Å². The van der Waals surface area contributed by atoms with Crippen molar-refractivity contribution in [1.82, 2.24) is 20.0 Å². The molecule has 0 bridgehead atoms. The van der Waals surface area contributed by atoms with E-state index in [1.54, 1.807) is 4.90 Å². The molecule has 1 unspecified atom stereocenters. The number of urea groups is 1. The van der Waals surface area contributed by atoms with Crippen molar-refractivity contribution >= 4 is 12.0 Å². The fraction of sp³-hybridized carbons (Fsp3) is 0.600. The molecule has 148 valence electrons. The number of carboxylic acid groups (broad SMARTS) is 1. The van der Waals surface area contributed by atoms with Gasteiger partial charge in [0.2, 0.25) is 0 Å². The number of nitrogens with one attached hydrogen (secondary N) is 1. The van der Waals surface area contributed by atoms with Crippen molar-refractivity contribution in [2.75, 3.05) is 46.8 Å². The van der Waals surface area contributed by atoms with Gasteiger partial charge in [0, 0.05) is 31.6 Å². The van der Waals surface area contributed by atoms with Crippen LogP contribution in [0.1, 0.15) is 18.4 Å². The predicted octanol–water partition coefficient (Wildman–Crippen LogP) is 1.10. The van der Waals surface area contributed by atoms with Gasteiger partial charge < -0.3 is 20.2 Å². The molecule has 2 aliphatic heterocycles. The number of carbonyl (C=O) groups excluding carboxylic acids is 1. The molecular weight excluding hydrogens is 344 g/mol. The van der Waals surface area contributed by atoms with Crippen molar-refractivity contribution in [3.05, 3.63) is 35.9 Å². The maximum absolute atomic E-state index is 12.8. The van der Waals surface area contributed by atoms with E-state index in [1.165, 1.54) is 0 Å². The van der Waals surface area contributed by atoms with Gasteiger partial charge in [-0.2, -0.15) is 0 Å². The average Bonchev–Trinajstić information content (AvgIpc) is 2.66. The number of hydrogen-bond donors (Lipinski definition) is 2. The third-order valence-corrected chi connectivity index (χ3v) is 6.08. The molecule has 7 nitrogen and oxygen atoms in total. The summed E-state index contributed by atoms with van der Waals surface area (Å²) in [7, 11) is 4.26. The van der Waals surface area contributed by atoms with Gasteiger partial charge in [-0.15, -0.1) is 0 Å². The normalized spacial score (nSPS) is 21.8. The zero-order valence-corrected chi connectivity index (χ0v) is 16.2. The quantitative estimate of drug-likeness (QED) is 0.826. The Bertz CT molecular complexity index is 658. The second kappa shape index (κ2) is 8.27. The van der Waals surface area contributed by atoms with Gasteiger partial charge in [-0.1, -0.05) is 30.3 Å². The molecule has 1 atom stereocenters. The van der Waals surface area contributed by atoms with Crippen LogP contribution in [-0.4, -0.2) is 90.2 Å². The van der Waals surface area contributed by atoms with Crippen LogP contribution in [0.2, 0.25) is 0 Å². The first-order valence-electron chi connectivity index (χ1n) is 9.62. The number of amides is 2. The molecule has 2 fully saturated rings. The molecule has 3 rings (SSSR count). The van der Waals surface area contributed by atoms with Crippen LogP contribution < -0.4 is 5.32 Å². The van der Waals surface area contributed by atoms with Gasteiger partial charge in [0.15, 0.2) is 0 Å². The molecule has 0 aromatic heterocycles. The Hall–Kier alpha value is -2.12. The van der Waals surface area contributed by atoms with Crippen LogP contribution in [0.15, 0.2) is 30.3 Å². The number of carboxylic acids is 1. The Morgan fingerprint density at radius 2 is 1.78 bits per heavy atom. The largest absolute Gasteiger partial charge is 0.480 e. The van der Waals surface area contributed by atoms with Gasteiger partial charge in [0.25, 0.3) is 0 Å². The Balaban J connectivity index is 1.64. The molecule has 2 aliphatic rings. The van der Waals surface area contributed by atoms with Crippen molar-refractivity contribution in [2.45, 2.75) is 30.8 Å². The van der Waals surface area contributed by atoms with Crippen LogP contribution in [-0.2, 0) is 11.2 Å². The van der Waals surface area contributed by atoms with E-state index in [0.29, 0.717) is 13.1 Å². The number of carbonyl (C=O) groups is 2. The molecule has 0 saturated carbocycles. The van der Waals surface area contributed by atoms with Crippen LogP contribution in [0.25, 0.3) is 0 Å². The minimum Gasteiger partial charge on any atom is -0.480 e. The summed E-state index contributed by atoms with van der Waals surface area (Å²) in [4.78, 5) is 31.0. The summed E-state index contributed by atoms with van der Waals surface area (Å²) in [5, 5.41) is 12.3. The van der Waals surface area contributed by atoms with Gasteiger partial charge >= 0.3 is 12.0 Å². The Morgan fingerprint density at radius 1 is 1.11 bits per heavy atom. The molecule has 27 heavy (non-hydrogen) atoms. The van der Waals surface area contributed by atoms with Crippen LogP contribution >= 0.6 is 0 Å². The van der Waals surface area contributed by atoms with E-state index in [9.17, 15) is 14.7 Å². The lowest BCUT2D eigenvalue weighted by Gasteiger charge is -2.52. The molecule has 1 spiro atoms. The molecular formula is C20H30N4O3. The number of benzene rings is 1. The highest BCUT2D eigenvalue weighted by Gasteiger charge is 2.43. The summed E-state index contributed by atoms with van der Waals surface area (Å²) in [5.74, 6) is -1.00. The Labute approximate surface area is 160 Å². The topological polar surface area (TPSA) is 76.1 Å². The summed E-state index contributed by atoms with van der Waals surface area (Å²) < 4.78 is 0. The average molecular weight is 374 g/mol. The van der Waals surface area contributed by atoms with Crippen LogP contribution in [0.4, 0.5) is 4.79 Å². The van der Waals surface area contributed by atoms with Crippen molar-refractivity contribution in [2.24, 2.45) is 0 Å². The van der Waals surface area contributed by atoms with Gasteiger partial charge in [-0.05, 0) is 45.6 Å². The highest BCUT2D eigenvalue weighted by atomic mass is 16.4. The number of hydrogen-bond acceptors (Lipinski definition) is 4. The van der Waals surface area contributed by atoms with Crippen LogP contribution in [0, 0.1) is 0 Å². The van der Waals surface area contributed by atoms with Crippen LogP contribution in [0.5, 0.6) is 0 Å². The highest BCUT2D eigenvalue weighted by Crippen LogP contribution is 2.31. The lowest BCUT2D eigenvalue weighted by atomic mass is 9.84. The second-order valence-electron chi connectivity index (χ2n) is 7.90. The summed E-state index contributed by atoms with van der Waals surface area (Å²) >= 11 is 0. The van der Waals surface area contributed by atoms with Gasteiger partial charge in [0.1, 0.15) is 6.04 Å². The van der Waals surface area contributed by atoms with Gasteiger partial charge in [-0.25, -0.2) is 9.59 Å². The first-order valence-corrected chi connectivity index (χ1v) is 9.62. The van der Waals surface area contributed by atoms with E-state index >= 15 is 0 Å². The molecule has 7 heteroatoms. The van der Waals surface area contributed by atoms with Crippen molar-refractivity contribution in [3.8, 4) is 0 Å². The zero-order chi connectivity index (χ0) is 19.4. The number of likely N-dealkylation sites (tertiary alicyclic amines) is 1. The third kappa shape index (κ3) is 4.59. The van der Waals surface area contributed by atoms with E-state index in [4.69, 9.17) is 0 Å². The number of piperidine rings is 1.